The first kappa shape index (κ1) is 10.1. The summed E-state index contributed by atoms with van der Waals surface area (Å²) in [5.41, 5.74) is 3.74. The molecule has 82 valence electrons. The van der Waals surface area contributed by atoms with Crippen molar-refractivity contribution in [3.63, 3.8) is 0 Å². The van der Waals surface area contributed by atoms with Crippen LogP contribution in [0.15, 0.2) is 35.7 Å². The number of benzene rings is 1. The van der Waals surface area contributed by atoms with Crippen molar-refractivity contribution >= 4 is 11.3 Å². The van der Waals surface area contributed by atoms with E-state index in [0.29, 0.717) is 0 Å². The molecular formula is C14H14OS. The molecule has 16 heavy (non-hydrogen) atoms. The Morgan fingerprint density at radius 1 is 1.25 bits per heavy atom. The van der Waals surface area contributed by atoms with Crippen molar-refractivity contribution in [3.05, 3.63) is 46.8 Å². The summed E-state index contributed by atoms with van der Waals surface area (Å²) in [6.07, 6.45) is 2.86. The second-order valence-electron chi connectivity index (χ2n) is 4.30. The van der Waals surface area contributed by atoms with Gasteiger partial charge in [-0.2, -0.15) is 0 Å². The quantitative estimate of drug-likeness (QED) is 0.790. The van der Waals surface area contributed by atoms with E-state index < -0.39 is 0 Å². The molecular weight excluding hydrogens is 216 g/mol. The van der Waals surface area contributed by atoms with Gasteiger partial charge in [-0.05, 0) is 53.5 Å². The number of aliphatic hydroxyl groups excluding tert-OH is 1. The van der Waals surface area contributed by atoms with E-state index >= 15 is 0 Å². The van der Waals surface area contributed by atoms with E-state index in [-0.39, 0.29) is 6.10 Å². The number of thiophene rings is 1. The average molecular weight is 230 g/mol. The number of hydrogen-bond donors (Lipinski definition) is 1. The first-order chi connectivity index (χ1) is 7.84. The molecule has 1 unspecified atom stereocenters. The highest BCUT2D eigenvalue weighted by Crippen LogP contribution is 2.33. The van der Waals surface area contributed by atoms with Crippen LogP contribution in [0.5, 0.6) is 0 Å². The Bertz CT molecular complexity index is 487. The molecule has 0 saturated carbocycles. The van der Waals surface area contributed by atoms with E-state index in [4.69, 9.17) is 0 Å². The maximum Gasteiger partial charge on any atom is 0.0792 e. The third-order valence-corrected chi connectivity index (χ3v) is 4.15. The van der Waals surface area contributed by atoms with Gasteiger partial charge in [0.15, 0.2) is 0 Å². The predicted octanol–water partition coefficient (Wildman–Crippen LogP) is 3.78. The van der Waals surface area contributed by atoms with E-state index in [1.165, 1.54) is 16.0 Å². The largest absolute Gasteiger partial charge is 0.388 e. The van der Waals surface area contributed by atoms with E-state index in [9.17, 15) is 5.11 Å². The van der Waals surface area contributed by atoms with Gasteiger partial charge in [0.1, 0.15) is 0 Å². The lowest BCUT2D eigenvalue weighted by molar-refractivity contribution is 0.156. The van der Waals surface area contributed by atoms with Crippen LogP contribution in [0.1, 0.15) is 30.1 Å². The van der Waals surface area contributed by atoms with Crippen molar-refractivity contribution in [2.24, 2.45) is 0 Å². The van der Waals surface area contributed by atoms with Crippen molar-refractivity contribution < 1.29 is 5.11 Å². The summed E-state index contributed by atoms with van der Waals surface area (Å²) in [5.74, 6) is 0. The lowest BCUT2D eigenvalue weighted by atomic mass is 9.88. The van der Waals surface area contributed by atoms with Crippen LogP contribution >= 0.6 is 11.3 Å². The van der Waals surface area contributed by atoms with Crippen LogP contribution < -0.4 is 0 Å². The summed E-state index contributed by atoms with van der Waals surface area (Å²) in [6, 6.07) is 10.7. The Labute approximate surface area is 99.4 Å². The van der Waals surface area contributed by atoms with Gasteiger partial charge in [0.25, 0.3) is 0 Å². The van der Waals surface area contributed by atoms with E-state index in [2.05, 4.69) is 35.7 Å². The van der Waals surface area contributed by atoms with Crippen LogP contribution in [-0.2, 0) is 6.42 Å². The molecule has 1 aromatic carbocycles. The number of fused-ring (bicyclic) bond motifs is 1. The summed E-state index contributed by atoms with van der Waals surface area (Å²) in [6.45, 7) is 0. The topological polar surface area (TPSA) is 20.2 Å². The van der Waals surface area contributed by atoms with Crippen molar-refractivity contribution in [2.75, 3.05) is 0 Å². The van der Waals surface area contributed by atoms with Crippen molar-refractivity contribution in [1.82, 2.24) is 0 Å². The fourth-order valence-corrected chi connectivity index (χ4v) is 3.11. The Morgan fingerprint density at radius 3 is 3.00 bits per heavy atom. The molecule has 1 aliphatic rings. The minimum absolute atomic E-state index is 0.249. The lowest BCUT2D eigenvalue weighted by Crippen LogP contribution is -2.08. The molecule has 0 spiro atoms. The molecule has 2 aromatic rings. The minimum Gasteiger partial charge on any atom is -0.388 e. The third kappa shape index (κ3) is 1.68. The van der Waals surface area contributed by atoms with Crippen LogP contribution in [0.4, 0.5) is 0 Å². The lowest BCUT2D eigenvalue weighted by Gasteiger charge is -2.21. The summed E-state index contributed by atoms with van der Waals surface area (Å²) in [7, 11) is 0. The number of aliphatic hydroxyl groups is 1. The molecule has 0 bridgehead atoms. The molecule has 0 aliphatic heterocycles. The van der Waals surface area contributed by atoms with Crippen LogP contribution in [0.25, 0.3) is 10.4 Å². The second kappa shape index (κ2) is 4.04. The van der Waals surface area contributed by atoms with Gasteiger partial charge in [-0.1, -0.05) is 18.2 Å². The summed E-state index contributed by atoms with van der Waals surface area (Å²) in [5, 5.41) is 12.0. The average Bonchev–Trinajstić information content (AvgIpc) is 2.82. The molecule has 2 heteroatoms. The molecule has 1 aliphatic carbocycles. The molecule has 1 N–H and O–H groups in total. The molecule has 3 rings (SSSR count). The Morgan fingerprint density at radius 2 is 2.19 bits per heavy atom. The number of rotatable bonds is 1. The first-order valence-corrected chi connectivity index (χ1v) is 6.57. The Kier molecular flexibility index (Phi) is 2.54. The van der Waals surface area contributed by atoms with Gasteiger partial charge in [-0.25, -0.2) is 0 Å². The van der Waals surface area contributed by atoms with Crippen molar-refractivity contribution in [3.8, 4) is 10.4 Å². The molecule has 1 heterocycles. The maximum atomic E-state index is 9.89. The maximum absolute atomic E-state index is 9.89. The zero-order valence-electron chi connectivity index (χ0n) is 9.02. The predicted molar refractivity (Wildman–Crippen MR) is 67.7 cm³/mol. The summed E-state index contributed by atoms with van der Waals surface area (Å²) < 4.78 is 0. The van der Waals surface area contributed by atoms with Gasteiger partial charge in [-0.3, -0.25) is 0 Å². The first-order valence-electron chi connectivity index (χ1n) is 5.69. The highest BCUT2D eigenvalue weighted by Gasteiger charge is 2.18. The van der Waals surface area contributed by atoms with E-state index in [0.717, 1.165) is 24.8 Å². The Hall–Kier alpha value is -1.12. The monoisotopic (exact) mass is 230 g/mol. The molecule has 1 aromatic heterocycles. The molecule has 0 fully saturated rings. The molecule has 1 nitrogen and oxygen atoms in total. The molecule has 0 amide bonds. The second-order valence-corrected chi connectivity index (χ2v) is 5.25. The third-order valence-electron chi connectivity index (χ3n) is 3.23. The van der Waals surface area contributed by atoms with Crippen molar-refractivity contribution in [1.29, 1.82) is 0 Å². The van der Waals surface area contributed by atoms with Crippen LogP contribution in [0, 0.1) is 0 Å². The summed E-state index contributed by atoms with van der Waals surface area (Å²) in [4.78, 5) is 1.31. The minimum atomic E-state index is -0.249. The summed E-state index contributed by atoms with van der Waals surface area (Å²) >= 11 is 1.76. The highest BCUT2D eigenvalue weighted by atomic mass is 32.1. The molecule has 1 atom stereocenters. The molecule has 0 saturated heterocycles. The van der Waals surface area contributed by atoms with Gasteiger partial charge in [-0.15, -0.1) is 11.3 Å². The standard InChI is InChI=1S/C14H14OS/c15-13-4-1-3-10-9-11(6-7-12(10)13)14-5-2-8-16-14/h2,5-9,13,15H,1,3-4H2. The van der Waals surface area contributed by atoms with Gasteiger partial charge in [0.05, 0.1) is 6.10 Å². The fourth-order valence-electron chi connectivity index (χ4n) is 2.38. The van der Waals surface area contributed by atoms with Crippen LogP contribution in [-0.4, -0.2) is 5.11 Å². The zero-order chi connectivity index (χ0) is 11.0. The van der Waals surface area contributed by atoms with Crippen molar-refractivity contribution in [2.45, 2.75) is 25.4 Å². The van der Waals surface area contributed by atoms with E-state index in [1.807, 2.05) is 0 Å². The normalized spacial score (nSPS) is 19.4. The molecule has 0 radical (unpaired) electrons. The van der Waals surface area contributed by atoms with Gasteiger partial charge >= 0.3 is 0 Å². The fraction of sp³-hybridized carbons (Fsp3) is 0.286. The van der Waals surface area contributed by atoms with Gasteiger partial charge < -0.3 is 5.11 Å². The van der Waals surface area contributed by atoms with Crippen LogP contribution in [0.3, 0.4) is 0 Å². The zero-order valence-corrected chi connectivity index (χ0v) is 9.83. The smallest absolute Gasteiger partial charge is 0.0792 e. The van der Waals surface area contributed by atoms with Gasteiger partial charge in [0.2, 0.25) is 0 Å². The Balaban J connectivity index is 2.05. The number of hydrogen-bond acceptors (Lipinski definition) is 2. The SMILES string of the molecule is OC1CCCc2cc(-c3cccs3)ccc21. The highest BCUT2D eigenvalue weighted by molar-refractivity contribution is 7.13. The van der Waals surface area contributed by atoms with E-state index in [1.54, 1.807) is 11.3 Å². The van der Waals surface area contributed by atoms with Gasteiger partial charge in [0, 0.05) is 4.88 Å². The number of aryl methyl sites for hydroxylation is 1. The van der Waals surface area contributed by atoms with Crippen LogP contribution in [0.2, 0.25) is 0 Å².